The molecule has 0 fully saturated rings. The zero-order valence-electron chi connectivity index (χ0n) is 8.67. The van der Waals surface area contributed by atoms with Crippen molar-refractivity contribution in [1.29, 1.82) is 0 Å². The first kappa shape index (κ1) is 16.5. The van der Waals surface area contributed by atoms with Crippen molar-refractivity contribution in [2.24, 2.45) is 0 Å². The second-order valence-electron chi connectivity index (χ2n) is 3.09. The largest absolute Gasteiger partial charge is 1.00 e. The van der Waals surface area contributed by atoms with Crippen LogP contribution in [0.1, 0.15) is 15.9 Å². The Kier molecular flexibility index (Phi) is 6.12. The van der Waals surface area contributed by atoms with E-state index in [1.165, 1.54) is 6.92 Å². The summed E-state index contributed by atoms with van der Waals surface area (Å²) in [6.45, 7) is -3.95. The number of aromatic carboxylic acids is 1. The van der Waals surface area contributed by atoms with Crippen molar-refractivity contribution in [3.05, 3.63) is 23.3 Å². The Morgan fingerprint density at radius 2 is 1.88 bits per heavy atom. The number of hydrogen-bond donors (Lipinski definition) is 2. The smallest absolute Gasteiger partial charge is 0.478 e. The third-order valence-electron chi connectivity index (χ3n) is 2.02. The molecule has 16 heavy (non-hydrogen) atoms. The van der Waals surface area contributed by atoms with Gasteiger partial charge in [0.25, 0.3) is 0 Å². The van der Waals surface area contributed by atoms with E-state index in [0.29, 0.717) is 6.07 Å². The molecule has 0 aliphatic carbocycles. The summed E-state index contributed by atoms with van der Waals surface area (Å²) in [4.78, 5) is 10.6. The molecule has 1 aromatic rings. The molecule has 2 nitrogen and oxygen atoms in total. The van der Waals surface area contributed by atoms with Crippen LogP contribution < -0.4 is 56.8 Å². The van der Waals surface area contributed by atoms with Crippen molar-refractivity contribution in [2.45, 2.75) is 11.8 Å². The molecule has 0 atom stereocenters. The average Bonchev–Trinajstić information content (AvgIpc) is 2.06. The normalized spacial score (nSPS) is 10.8. The molecule has 1 aromatic carbocycles. The molecule has 8 heteroatoms. The molecule has 0 heterocycles. The van der Waals surface area contributed by atoms with Crippen LogP contribution in [0.15, 0.2) is 17.0 Å². The fourth-order valence-corrected chi connectivity index (χ4v) is 1.45. The van der Waals surface area contributed by atoms with E-state index in [-0.39, 0.29) is 61.8 Å². The van der Waals surface area contributed by atoms with Crippen molar-refractivity contribution in [3.63, 3.8) is 0 Å². The van der Waals surface area contributed by atoms with E-state index in [9.17, 15) is 17.7 Å². The van der Waals surface area contributed by atoms with E-state index in [2.05, 4.69) is 12.6 Å². The van der Waals surface area contributed by atoms with Crippen LogP contribution in [0.4, 0.5) is 12.9 Å². The maximum atomic E-state index is 12.5. The van der Waals surface area contributed by atoms with E-state index >= 15 is 0 Å². The van der Waals surface area contributed by atoms with Crippen LogP contribution in [0.5, 0.6) is 0 Å². The summed E-state index contributed by atoms with van der Waals surface area (Å²) in [7, 11) is 0. The molecule has 0 saturated heterocycles. The first-order valence-corrected chi connectivity index (χ1v) is 4.45. The van der Waals surface area contributed by atoms with Gasteiger partial charge in [0.2, 0.25) is 0 Å². The summed E-state index contributed by atoms with van der Waals surface area (Å²) in [6.07, 6.45) is 0. The van der Waals surface area contributed by atoms with Crippen LogP contribution >= 0.6 is 12.6 Å². The number of halogens is 3. The van der Waals surface area contributed by atoms with Crippen molar-refractivity contribution < 1.29 is 74.2 Å². The van der Waals surface area contributed by atoms with Gasteiger partial charge in [-0.15, -0.1) is 18.1 Å². The predicted molar refractivity (Wildman–Crippen MR) is 54.1 cm³/mol. The molecule has 0 bridgehead atoms. The van der Waals surface area contributed by atoms with Crippen LogP contribution in [0.3, 0.4) is 0 Å². The molecule has 0 aliphatic heterocycles. The summed E-state index contributed by atoms with van der Waals surface area (Å²) >= 11 is 3.81. The average molecular weight is 274 g/mol. The second-order valence-corrected chi connectivity index (χ2v) is 3.57. The molecule has 0 saturated carbocycles. The fourth-order valence-electron chi connectivity index (χ4n) is 1.18. The van der Waals surface area contributed by atoms with Gasteiger partial charge in [0, 0.05) is 4.90 Å². The molecule has 1 rings (SSSR count). The van der Waals surface area contributed by atoms with Crippen molar-refractivity contribution >= 4 is 31.0 Å². The minimum absolute atomic E-state index is 0. The van der Waals surface area contributed by atoms with Crippen LogP contribution in [0.25, 0.3) is 0 Å². The number of carboxylic acid groups (broad SMARTS) is 1. The molecule has 0 unspecified atom stereocenters. The van der Waals surface area contributed by atoms with Gasteiger partial charge in [-0.05, 0) is 13.0 Å². The van der Waals surface area contributed by atoms with Crippen molar-refractivity contribution in [3.8, 4) is 0 Å². The number of carbonyl (C=O) groups is 1. The fraction of sp³-hybridized carbons (Fsp3) is 0.125. The topological polar surface area (TPSA) is 37.3 Å². The standard InChI is InChI=1S/C8H7BF3O2S.K/c1-4-6(9(10,11)12)2-5(8(13)14)3-7(4)15;/h2-3,15H,1H3,(H,13,14);/q-1;+1. The van der Waals surface area contributed by atoms with Gasteiger partial charge >= 0.3 is 64.3 Å². The summed E-state index contributed by atoms with van der Waals surface area (Å²) in [5.74, 6) is -1.40. The Morgan fingerprint density at radius 3 is 2.25 bits per heavy atom. The van der Waals surface area contributed by atoms with E-state index in [1.54, 1.807) is 0 Å². The van der Waals surface area contributed by atoms with Crippen LogP contribution in [0.2, 0.25) is 0 Å². The zero-order chi connectivity index (χ0) is 11.8. The number of hydrogen-bond acceptors (Lipinski definition) is 2. The first-order valence-electron chi connectivity index (χ1n) is 4.00. The maximum absolute atomic E-state index is 12.5. The van der Waals surface area contributed by atoms with E-state index < -0.39 is 24.0 Å². The molecular formula is C8H7BF3KO2S. The van der Waals surface area contributed by atoms with Gasteiger partial charge in [0.05, 0.1) is 5.56 Å². The molecule has 0 spiro atoms. The third-order valence-corrected chi connectivity index (χ3v) is 2.48. The number of rotatable bonds is 2. The summed E-state index contributed by atoms with van der Waals surface area (Å²) in [5.41, 5.74) is -1.35. The number of thiol groups is 1. The molecular weight excluding hydrogens is 267 g/mol. The van der Waals surface area contributed by atoms with Gasteiger partial charge in [-0.1, -0.05) is 11.6 Å². The van der Waals surface area contributed by atoms with E-state index in [0.717, 1.165) is 6.07 Å². The summed E-state index contributed by atoms with van der Waals surface area (Å²) < 4.78 is 37.5. The van der Waals surface area contributed by atoms with Gasteiger partial charge < -0.3 is 18.1 Å². The number of benzene rings is 1. The van der Waals surface area contributed by atoms with E-state index in [1.807, 2.05) is 0 Å². The summed E-state index contributed by atoms with van der Waals surface area (Å²) in [6, 6.07) is 1.74. The van der Waals surface area contributed by atoms with Crippen LogP contribution in [0, 0.1) is 6.92 Å². The van der Waals surface area contributed by atoms with Gasteiger partial charge in [-0.25, -0.2) is 4.79 Å². The quantitative estimate of drug-likeness (QED) is 0.538. The monoisotopic (exact) mass is 274 g/mol. The summed E-state index contributed by atoms with van der Waals surface area (Å²) in [5, 5.41) is 8.60. The molecule has 0 aromatic heterocycles. The van der Waals surface area contributed by atoms with Gasteiger partial charge in [0.1, 0.15) is 0 Å². The van der Waals surface area contributed by atoms with E-state index in [4.69, 9.17) is 5.11 Å². The molecule has 0 aliphatic rings. The maximum Gasteiger partial charge on any atom is 1.00 e. The van der Waals surface area contributed by atoms with Gasteiger partial charge in [0.15, 0.2) is 0 Å². The Hall–Kier alpha value is 0.531. The third kappa shape index (κ3) is 3.78. The van der Waals surface area contributed by atoms with Gasteiger partial charge in [-0.2, -0.15) is 0 Å². The Labute approximate surface area is 138 Å². The predicted octanol–water partition coefficient (Wildman–Crippen LogP) is -0.960. The van der Waals surface area contributed by atoms with Crippen molar-refractivity contribution in [2.75, 3.05) is 0 Å². The Balaban J connectivity index is 0.00000225. The SMILES string of the molecule is Cc1c(S)cc(C(=O)O)cc1[B-](F)(F)F.[K+]. The molecule has 0 radical (unpaired) electrons. The molecule has 1 N–H and O–H groups in total. The Bertz CT molecular complexity index is 422. The number of carboxylic acids is 1. The van der Waals surface area contributed by atoms with Crippen LogP contribution in [-0.2, 0) is 0 Å². The Morgan fingerprint density at radius 1 is 1.38 bits per heavy atom. The minimum atomic E-state index is -5.21. The van der Waals surface area contributed by atoms with Crippen molar-refractivity contribution in [1.82, 2.24) is 0 Å². The first-order chi connectivity index (χ1) is 6.73. The van der Waals surface area contributed by atoms with Gasteiger partial charge in [-0.3, -0.25) is 0 Å². The molecule has 82 valence electrons. The second kappa shape index (κ2) is 5.92. The molecule has 0 amide bonds. The van der Waals surface area contributed by atoms with Crippen LogP contribution in [-0.4, -0.2) is 18.1 Å². The zero-order valence-corrected chi connectivity index (χ0v) is 12.7. The minimum Gasteiger partial charge on any atom is -0.478 e.